The first-order chi connectivity index (χ1) is 23.2. The van der Waals surface area contributed by atoms with Gasteiger partial charge in [0, 0.05) is 38.5 Å². The van der Waals surface area contributed by atoms with E-state index in [4.69, 9.17) is 23.4 Å². The smallest absolute Gasteiger partial charge is 0.306 e. The van der Waals surface area contributed by atoms with Gasteiger partial charge in [0.1, 0.15) is 17.8 Å². The van der Waals surface area contributed by atoms with Gasteiger partial charge in [-0.15, -0.1) is 6.58 Å². The van der Waals surface area contributed by atoms with Crippen LogP contribution in [0.25, 0.3) is 0 Å². The number of hydrogen-bond acceptors (Lipinski definition) is 11. The van der Waals surface area contributed by atoms with E-state index >= 15 is 4.79 Å². The minimum absolute atomic E-state index is 0.0243. The molecule has 1 heterocycles. The van der Waals surface area contributed by atoms with Crippen LogP contribution in [0, 0.1) is 22.7 Å². The standard InChI is InChI=1S/C38H60O11Si/c1-12-16-17-22(5)18-29(42)47-34-32-36(11,27(49-50(13-2,14-3)15-4)19-28-37(32,21-45-28)48-25(8)40)33(43)31(46-24(7)39)30-23(6)26(41)20-38(34,44)35(30,9)10/h12,22,26-28,31-32,34,41,44H,1,13-21H2,2-11H3/t22-,26+,27+,28-,31-,32+,34+,36-,37+,38-/m1/s1. The molecule has 2 bridgehead atoms. The van der Waals surface area contributed by atoms with E-state index in [1.165, 1.54) is 13.8 Å². The highest BCUT2D eigenvalue weighted by atomic mass is 28.4. The molecule has 1 aliphatic heterocycles. The molecule has 1 saturated heterocycles. The molecule has 0 unspecified atom stereocenters. The molecule has 0 amide bonds. The number of esters is 3. The first-order valence-corrected chi connectivity index (χ1v) is 20.9. The van der Waals surface area contributed by atoms with Crippen molar-refractivity contribution in [1.82, 2.24) is 0 Å². The minimum Gasteiger partial charge on any atom is -0.459 e. The van der Waals surface area contributed by atoms with Crippen molar-refractivity contribution in [3.8, 4) is 0 Å². The average molecular weight is 721 g/mol. The number of carbonyl (C=O) groups is 4. The highest BCUT2D eigenvalue weighted by Crippen LogP contribution is 2.65. The number of fused-ring (bicyclic) bond motifs is 5. The molecule has 0 aromatic rings. The van der Waals surface area contributed by atoms with Gasteiger partial charge in [-0.2, -0.15) is 0 Å². The molecule has 10 atom stereocenters. The third kappa shape index (κ3) is 6.45. The van der Waals surface area contributed by atoms with E-state index in [0.29, 0.717) is 18.4 Å². The van der Waals surface area contributed by atoms with Crippen LogP contribution >= 0.6 is 0 Å². The average Bonchev–Trinajstić information content (AvgIpc) is 3.03. The van der Waals surface area contributed by atoms with Crippen LogP contribution < -0.4 is 0 Å². The van der Waals surface area contributed by atoms with Gasteiger partial charge in [0.05, 0.1) is 30.1 Å². The van der Waals surface area contributed by atoms with E-state index in [9.17, 15) is 24.6 Å². The van der Waals surface area contributed by atoms with Crippen molar-refractivity contribution in [2.75, 3.05) is 6.61 Å². The lowest BCUT2D eigenvalue weighted by molar-refractivity contribution is -0.346. The second-order valence-corrected chi connectivity index (χ2v) is 20.7. The molecule has 50 heavy (non-hydrogen) atoms. The number of hydrogen-bond donors (Lipinski definition) is 2. The van der Waals surface area contributed by atoms with Crippen molar-refractivity contribution in [3.05, 3.63) is 23.8 Å². The van der Waals surface area contributed by atoms with Gasteiger partial charge in [-0.3, -0.25) is 19.2 Å². The van der Waals surface area contributed by atoms with Gasteiger partial charge in [0.15, 0.2) is 25.8 Å². The van der Waals surface area contributed by atoms with Crippen molar-refractivity contribution < 1.29 is 52.8 Å². The Hall–Kier alpha value is -2.38. The van der Waals surface area contributed by atoms with Gasteiger partial charge in [0.25, 0.3) is 0 Å². The molecule has 12 heteroatoms. The molecular weight excluding hydrogens is 660 g/mol. The zero-order chi connectivity index (χ0) is 37.6. The van der Waals surface area contributed by atoms with Crippen molar-refractivity contribution >= 4 is 32.0 Å². The summed E-state index contributed by atoms with van der Waals surface area (Å²) in [5.74, 6) is -3.75. The van der Waals surface area contributed by atoms with E-state index in [1.807, 2.05) is 6.92 Å². The van der Waals surface area contributed by atoms with Gasteiger partial charge >= 0.3 is 17.9 Å². The zero-order valence-corrected chi connectivity index (χ0v) is 32.8. The summed E-state index contributed by atoms with van der Waals surface area (Å²) in [6.45, 7) is 21.1. The summed E-state index contributed by atoms with van der Waals surface area (Å²) in [7, 11) is -2.47. The van der Waals surface area contributed by atoms with E-state index in [-0.39, 0.29) is 37.4 Å². The Morgan fingerprint density at radius 3 is 2.20 bits per heavy atom. The highest BCUT2D eigenvalue weighted by Gasteiger charge is 2.78. The van der Waals surface area contributed by atoms with Gasteiger partial charge in [-0.05, 0) is 61.9 Å². The Balaban J connectivity index is 2.10. The number of carbonyl (C=O) groups excluding carboxylic acids is 4. The number of aliphatic hydroxyl groups is 2. The van der Waals surface area contributed by atoms with Crippen LogP contribution in [0.1, 0.15) is 101 Å². The molecule has 0 aromatic heterocycles. The molecule has 4 aliphatic rings. The SMILES string of the molecule is C=CCC[C@@H](C)CC(=O)O[C@H]1[C@@H]2[C@]3(OC(C)=O)CO[C@@H]3C[C@H](O[Si](CC)(CC)CC)[C@@]2(C)C(=O)[C@H](OC(C)=O)C2=C(C)[C@@H](O)C[C@]1(O)C2(C)C. The molecular formula is C38H60O11Si. The van der Waals surface area contributed by atoms with Crippen LogP contribution in [0.5, 0.6) is 0 Å². The van der Waals surface area contributed by atoms with Crippen LogP contribution in [-0.4, -0.2) is 90.6 Å². The molecule has 2 saturated carbocycles. The van der Waals surface area contributed by atoms with Crippen molar-refractivity contribution in [2.24, 2.45) is 22.7 Å². The van der Waals surface area contributed by atoms with Crippen LogP contribution in [0.3, 0.4) is 0 Å². The first-order valence-electron chi connectivity index (χ1n) is 18.4. The second-order valence-electron chi connectivity index (χ2n) is 16.0. The highest BCUT2D eigenvalue weighted by molar-refractivity contribution is 6.73. The summed E-state index contributed by atoms with van der Waals surface area (Å²) < 4.78 is 32.0. The molecule has 282 valence electrons. The summed E-state index contributed by atoms with van der Waals surface area (Å²) in [5, 5.41) is 24.9. The third-order valence-corrected chi connectivity index (χ3v) is 17.5. The molecule has 0 aromatic carbocycles. The summed E-state index contributed by atoms with van der Waals surface area (Å²) in [5.41, 5.74) is -5.89. The maximum absolute atomic E-state index is 15.7. The molecule has 11 nitrogen and oxygen atoms in total. The molecule has 0 radical (unpaired) electrons. The van der Waals surface area contributed by atoms with Crippen LogP contribution in [0.15, 0.2) is 23.8 Å². The van der Waals surface area contributed by atoms with Crippen molar-refractivity contribution in [3.63, 3.8) is 0 Å². The molecule has 0 spiro atoms. The Morgan fingerprint density at radius 2 is 1.70 bits per heavy atom. The Bertz CT molecular complexity index is 1380. The maximum Gasteiger partial charge on any atom is 0.306 e. The van der Waals surface area contributed by atoms with E-state index in [1.54, 1.807) is 33.8 Å². The van der Waals surface area contributed by atoms with Crippen LogP contribution in [0.4, 0.5) is 0 Å². The van der Waals surface area contributed by atoms with Gasteiger partial charge in [-0.1, -0.05) is 47.6 Å². The molecule has 2 N–H and O–H groups in total. The number of rotatable bonds is 13. The van der Waals surface area contributed by atoms with Crippen LogP contribution in [0.2, 0.25) is 18.1 Å². The lowest BCUT2D eigenvalue weighted by Gasteiger charge is -2.68. The largest absolute Gasteiger partial charge is 0.459 e. The van der Waals surface area contributed by atoms with E-state index < -0.39 is 90.5 Å². The van der Waals surface area contributed by atoms with Crippen LogP contribution in [-0.2, 0) is 42.6 Å². The maximum atomic E-state index is 15.7. The quantitative estimate of drug-likeness (QED) is 0.109. The van der Waals surface area contributed by atoms with Crippen molar-refractivity contribution in [1.29, 1.82) is 0 Å². The molecule has 3 fully saturated rings. The summed E-state index contributed by atoms with van der Waals surface area (Å²) >= 11 is 0. The Morgan fingerprint density at radius 1 is 1.08 bits per heavy atom. The monoisotopic (exact) mass is 720 g/mol. The third-order valence-electron chi connectivity index (χ3n) is 12.9. The fraction of sp³-hybridized carbons (Fsp3) is 0.789. The number of aliphatic hydroxyl groups excluding tert-OH is 1. The van der Waals surface area contributed by atoms with Gasteiger partial charge < -0.3 is 33.6 Å². The Labute approximate surface area is 298 Å². The fourth-order valence-electron chi connectivity index (χ4n) is 9.58. The number of ether oxygens (including phenoxy) is 4. The summed E-state index contributed by atoms with van der Waals surface area (Å²) in [6.07, 6.45) is -2.68. The second kappa shape index (κ2) is 14.6. The van der Waals surface area contributed by atoms with Gasteiger partial charge in [-0.25, -0.2) is 0 Å². The zero-order valence-electron chi connectivity index (χ0n) is 31.8. The topological polar surface area (TPSA) is 155 Å². The number of ketones is 1. The number of Topliss-reactive ketones (excluding diaryl/α,β-unsaturated/α-hetero) is 1. The summed E-state index contributed by atoms with van der Waals surface area (Å²) in [6, 6.07) is 2.32. The predicted molar refractivity (Wildman–Crippen MR) is 188 cm³/mol. The lowest BCUT2D eigenvalue weighted by atomic mass is 9.44. The van der Waals surface area contributed by atoms with E-state index in [2.05, 4.69) is 27.4 Å². The summed E-state index contributed by atoms with van der Waals surface area (Å²) in [4.78, 5) is 55.5. The first kappa shape index (κ1) is 40.4. The predicted octanol–water partition coefficient (Wildman–Crippen LogP) is 5.36. The minimum atomic E-state index is -2.47. The normalized spacial score (nSPS) is 36.8. The fourth-order valence-corrected chi connectivity index (χ4v) is 12.5. The molecule has 3 aliphatic carbocycles. The van der Waals surface area contributed by atoms with E-state index in [0.717, 1.165) is 18.1 Å². The van der Waals surface area contributed by atoms with Crippen molar-refractivity contribution in [2.45, 2.75) is 161 Å². The molecule has 4 rings (SSSR count). The number of allylic oxidation sites excluding steroid dienone is 1. The lowest BCUT2D eigenvalue weighted by Crippen LogP contribution is -2.82. The van der Waals surface area contributed by atoms with Gasteiger partial charge in [0.2, 0.25) is 0 Å². The Kier molecular flexibility index (Phi) is 11.8.